The summed E-state index contributed by atoms with van der Waals surface area (Å²) in [7, 11) is -3.61. The molecule has 5 nitrogen and oxygen atoms in total. The van der Waals surface area contributed by atoms with Crippen molar-refractivity contribution in [3.8, 4) is 0 Å². The van der Waals surface area contributed by atoms with Crippen molar-refractivity contribution < 1.29 is 8.42 Å². The van der Waals surface area contributed by atoms with Crippen LogP contribution in [0.3, 0.4) is 0 Å². The van der Waals surface area contributed by atoms with Crippen molar-refractivity contribution in [1.82, 2.24) is 4.98 Å². The van der Waals surface area contributed by atoms with E-state index in [2.05, 4.69) is 37.6 Å². The second-order valence-electron chi connectivity index (χ2n) is 4.03. The smallest absolute Gasteiger partial charge is 0.263 e. The topological polar surface area (TPSA) is 71.1 Å². The van der Waals surface area contributed by atoms with Gasteiger partial charge in [0.1, 0.15) is 10.7 Å². The van der Waals surface area contributed by atoms with Gasteiger partial charge in [0.05, 0.1) is 0 Å². The van der Waals surface area contributed by atoms with Crippen LogP contribution in [0.5, 0.6) is 0 Å². The zero-order valence-corrected chi connectivity index (χ0v) is 13.8. The first kappa shape index (κ1) is 15.0. The van der Waals surface area contributed by atoms with Crippen LogP contribution in [0, 0.1) is 3.57 Å². The maximum atomic E-state index is 12.2. The van der Waals surface area contributed by atoms with Crippen molar-refractivity contribution in [3.05, 3.63) is 46.2 Å². The average Bonchev–Trinajstić information content (AvgIpc) is 2.39. The van der Waals surface area contributed by atoms with E-state index in [4.69, 9.17) is 0 Å². The minimum atomic E-state index is -3.61. The first-order valence-corrected chi connectivity index (χ1v) is 8.56. The summed E-state index contributed by atoms with van der Waals surface area (Å²) in [5.74, 6) is 0.653. The monoisotopic (exact) mass is 403 g/mol. The Kier molecular flexibility index (Phi) is 4.81. The maximum Gasteiger partial charge on any atom is 0.263 e. The molecule has 2 rings (SSSR count). The van der Waals surface area contributed by atoms with Crippen LogP contribution in [-0.2, 0) is 10.0 Å². The number of nitrogens with one attached hydrogen (secondary N) is 2. The summed E-state index contributed by atoms with van der Waals surface area (Å²) in [6.45, 7) is 2.69. The number of aromatic nitrogens is 1. The first-order valence-electron chi connectivity index (χ1n) is 5.99. The third-order valence-corrected chi connectivity index (χ3v) is 4.52. The Morgan fingerprint density at radius 1 is 1.25 bits per heavy atom. The van der Waals surface area contributed by atoms with E-state index in [1.807, 2.05) is 13.0 Å². The van der Waals surface area contributed by atoms with Gasteiger partial charge in [-0.1, -0.05) is 6.07 Å². The highest BCUT2D eigenvalue weighted by Crippen LogP contribution is 2.18. The zero-order chi connectivity index (χ0) is 14.6. The standard InChI is InChI=1S/C13H14IN3O2S/c1-2-15-13-7-6-12(9-16-13)20(18,19)17-11-5-3-4-10(14)8-11/h3-9,17H,2H2,1H3,(H,15,16). The lowest BCUT2D eigenvalue weighted by molar-refractivity contribution is 0.601. The van der Waals surface area contributed by atoms with E-state index in [9.17, 15) is 8.42 Å². The summed E-state index contributed by atoms with van der Waals surface area (Å²) in [4.78, 5) is 4.20. The Hall–Kier alpha value is -1.35. The summed E-state index contributed by atoms with van der Waals surface area (Å²) in [6.07, 6.45) is 1.34. The molecule has 1 aromatic heterocycles. The number of pyridine rings is 1. The van der Waals surface area contributed by atoms with Crippen molar-refractivity contribution in [2.75, 3.05) is 16.6 Å². The largest absolute Gasteiger partial charge is 0.370 e. The molecule has 2 N–H and O–H groups in total. The molecule has 106 valence electrons. The lowest BCUT2D eigenvalue weighted by atomic mass is 10.3. The van der Waals surface area contributed by atoms with Crippen LogP contribution >= 0.6 is 22.6 Å². The highest BCUT2D eigenvalue weighted by atomic mass is 127. The third kappa shape index (κ3) is 3.83. The van der Waals surface area contributed by atoms with Gasteiger partial charge in [-0.15, -0.1) is 0 Å². The molecule has 0 fully saturated rings. The van der Waals surface area contributed by atoms with Crippen LogP contribution in [0.2, 0.25) is 0 Å². The molecule has 1 heterocycles. The van der Waals surface area contributed by atoms with Crippen LogP contribution in [0.25, 0.3) is 0 Å². The summed E-state index contributed by atoms with van der Waals surface area (Å²) in [5, 5.41) is 3.02. The fourth-order valence-corrected chi connectivity index (χ4v) is 3.13. The summed E-state index contributed by atoms with van der Waals surface area (Å²) in [5.41, 5.74) is 0.535. The molecule has 0 saturated carbocycles. The van der Waals surface area contributed by atoms with Crippen LogP contribution < -0.4 is 10.0 Å². The summed E-state index contributed by atoms with van der Waals surface area (Å²) in [6, 6.07) is 10.3. The van der Waals surface area contributed by atoms with Gasteiger partial charge in [-0.3, -0.25) is 4.72 Å². The normalized spacial score (nSPS) is 11.1. The number of halogens is 1. The molecular weight excluding hydrogens is 389 g/mol. The van der Waals surface area contributed by atoms with Crippen LogP contribution in [0.1, 0.15) is 6.92 Å². The second kappa shape index (κ2) is 6.40. The minimum absolute atomic E-state index is 0.137. The minimum Gasteiger partial charge on any atom is -0.370 e. The van der Waals surface area contributed by atoms with Gasteiger partial charge in [0, 0.05) is 22.0 Å². The lowest BCUT2D eigenvalue weighted by Crippen LogP contribution is -2.13. The second-order valence-corrected chi connectivity index (χ2v) is 6.95. The molecular formula is C13H14IN3O2S. The molecule has 2 aromatic rings. The van der Waals surface area contributed by atoms with Gasteiger partial charge in [0.25, 0.3) is 10.0 Å². The Labute approximate surface area is 132 Å². The quantitative estimate of drug-likeness (QED) is 0.754. The molecule has 0 spiro atoms. The molecule has 0 unspecified atom stereocenters. The lowest BCUT2D eigenvalue weighted by Gasteiger charge is -2.09. The van der Waals surface area contributed by atoms with Gasteiger partial charge >= 0.3 is 0 Å². The number of benzene rings is 1. The highest BCUT2D eigenvalue weighted by molar-refractivity contribution is 14.1. The number of anilines is 2. The number of sulfonamides is 1. The van der Waals surface area contributed by atoms with E-state index < -0.39 is 10.0 Å². The zero-order valence-electron chi connectivity index (χ0n) is 10.8. The van der Waals surface area contributed by atoms with Crippen LogP contribution in [0.15, 0.2) is 47.5 Å². The maximum absolute atomic E-state index is 12.2. The molecule has 0 bridgehead atoms. The van der Waals surface area contributed by atoms with Crippen molar-refractivity contribution in [3.63, 3.8) is 0 Å². The Morgan fingerprint density at radius 3 is 2.65 bits per heavy atom. The van der Waals surface area contributed by atoms with Gasteiger partial charge in [-0.25, -0.2) is 13.4 Å². The fourth-order valence-electron chi connectivity index (χ4n) is 1.59. The van der Waals surface area contributed by atoms with Crippen molar-refractivity contribution in [1.29, 1.82) is 0 Å². The van der Waals surface area contributed by atoms with Gasteiger partial charge in [0.2, 0.25) is 0 Å². The SMILES string of the molecule is CCNc1ccc(S(=O)(=O)Nc2cccc(I)c2)cn1. The average molecular weight is 403 g/mol. The molecule has 20 heavy (non-hydrogen) atoms. The Bertz CT molecular complexity index is 687. The molecule has 0 aliphatic carbocycles. The van der Waals surface area contributed by atoms with Crippen LogP contribution in [-0.4, -0.2) is 19.9 Å². The third-order valence-electron chi connectivity index (χ3n) is 2.48. The van der Waals surface area contributed by atoms with E-state index in [1.54, 1.807) is 24.3 Å². The van der Waals surface area contributed by atoms with E-state index in [0.717, 1.165) is 10.1 Å². The molecule has 1 aromatic carbocycles. The first-order chi connectivity index (χ1) is 9.51. The predicted molar refractivity (Wildman–Crippen MR) is 88.4 cm³/mol. The molecule has 0 saturated heterocycles. The molecule has 0 aliphatic heterocycles. The Morgan fingerprint density at radius 2 is 2.05 bits per heavy atom. The van der Waals surface area contributed by atoms with Crippen molar-refractivity contribution in [2.24, 2.45) is 0 Å². The van der Waals surface area contributed by atoms with Crippen molar-refractivity contribution >= 4 is 44.1 Å². The molecule has 0 atom stereocenters. The number of hydrogen-bond donors (Lipinski definition) is 2. The fraction of sp³-hybridized carbons (Fsp3) is 0.154. The number of nitrogens with zero attached hydrogens (tertiary/aromatic N) is 1. The highest BCUT2D eigenvalue weighted by Gasteiger charge is 2.14. The van der Waals surface area contributed by atoms with E-state index >= 15 is 0 Å². The molecule has 0 aliphatic rings. The van der Waals surface area contributed by atoms with Gasteiger partial charge in [-0.05, 0) is 59.8 Å². The van der Waals surface area contributed by atoms with Gasteiger partial charge in [0.15, 0.2) is 0 Å². The summed E-state index contributed by atoms with van der Waals surface area (Å²) < 4.78 is 27.9. The van der Waals surface area contributed by atoms with Gasteiger partial charge < -0.3 is 5.32 Å². The van der Waals surface area contributed by atoms with E-state index in [-0.39, 0.29) is 4.90 Å². The predicted octanol–water partition coefficient (Wildman–Crippen LogP) is 2.92. The Balaban J connectivity index is 2.21. The molecule has 0 amide bonds. The van der Waals surface area contributed by atoms with E-state index in [0.29, 0.717) is 11.5 Å². The van der Waals surface area contributed by atoms with Crippen LogP contribution in [0.4, 0.5) is 11.5 Å². The van der Waals surface area contributed by atoms with E-state index in [1.165, 1.54) is 12.3 Å². The summed E-state index contributed by atoms with van der Waals surface area (Å²) >= 11 is 2.13. The number of rotatable bonds is 5. The van der Waals surface area contributed by atoms with Crippen molar-refractivity contribution in [2.45, 2.75) is 11.8 Å². The number of hydrogen-bond acceptors (Lipinski definition) is 4. The molecule has 0 radical (unpaired) electrons. The van der Waals surface area contributed by atoms with Gasteiger partial charge in [-0.2, -0.15) is 0 Å². The molecule has 7 heteroatoms.